The number of ether oxygens (including phenoxy) is 2. The van der Waals surface area contributed by atoms with Crippen molar-refractivity contribution in [2.75, 3.05) is 12.9 Å². The molecule has 7 heteroatoms. The third-order valence-electron chi connectivity index (χ3n) is 4.03. The summed E-state index contributed by atoms with van der Waals surface area (Å²) in [4.78, 5) is 4.65. The fourth-order valence-corrected chi connectivity index (χ4v) is 4.29. The van der Waals surface area contributed by atoms with Crippen molar-refractivity contribution in [3.63, 3.8) is 0 Å². The van der Waals surface area contributed by atoms with Gasteiger partial charge in [0.2, 0.25) is 0 Å². The van der Waals surface area contributed by atoms with E-state index >= 15 is 0 Å². The van der Waals surface area contributed by atoms with Gasteiger partial charge in [-0.3, -0.25) is 0 Å². The number of rotatable bonds is 1. The molecule has 0 radical (unpaired) electrons. The first-order valence-electron chi connectivity index (χ1n) is 6.87. The molecule has 1 spiro atoms. The van der Waals surface area contributed by atoms with Crippen molar-refractivity contribution < 1.29 is 13.9 Å². The first-order chi connectivity index (χ1) is 11.0. The molecule has 2 aromatic rings. The van der Waals surface area contributed by atoms with Gasteiger partial charge in [0.15, 0.2) is 16.7 Å². The largest absolute Gasteiger partial charge is 0.497 e. The van der Waals surface area contributed by atoms with Crippen molar-refractivity contribution in [3.05, 3.63) is 51.7 Å². The van der Waals surface area contributed by atoms with Crippen LogP contribution in [0.15, 0.2) is 39.8 Å². The molecular weight excluding hydrogens is 383 g/mol. The van der Waals surface area contributed by atoms with Crippen molar-refractivity contribution in [2.24, 2.45) is 10.7 Å². The van der Waals surface area contributed by atoms with Gasteiger partial charge in [-0.15, -0.1) is 0 Å². The Kier molecular flexibility index (Phi) is 3.32. The molecule has 0 aliphatic carbocycles. The molecule has 0 amide bonds. The summed E-state index contributed by atoms with van der Waals surface area (Å²) in [6.07, 6.45) is 0. The van der Waals surface area contributed by atoms with E-state index in [1.54, 1.807) is 6.07 Å². The van der Waals surface area contributed by atoms with Gasteiger partial charge in [-0.25, -0.2) is 9.38 Å². The van der Waals surface area contributed by atoms with E-state index in [9.17, 15) is 4.39 Å². The first kappa shape index (κ1) is 14.8. The van der Waals surface area contributed by atoms with E-state index in [0.29, 0.717) is 28.0 Å². The summed E-state index contributed by atoms with van der Waals surface area (Å²) < 4.78 is 26.4. The maximum absolute atomic E-state index is 14.5. The zero-order valence-corrected chi connectivity index (χ0v) is 14.5. The van der Waals surface area contributed by atoms with E-state index < -0.39 is 11.4 Å². The second-order valence-corrected chi connectivity index (χ2v) is 7.24. The Morgan fingerprint density at radius 2 is 2.17 bits per heavy atom. The number of hydrogen-bond donors (Lipinski definition) is 1. The first-order valence-corrected chi connectivity index (χ1v) is 8.65. The molecule has 0 bridgehead atoms. The van der Waals surface area contributed by atoms with Crippen LogP contribution in [0.25, 0.3) is 0 Å². The topological polar surface area (TPSA) is 56.8 Å². The van der Waals surface area contributed by atoms with Gasteiger partial charge in [0, 0.05) is 27.4 Å². The summed E-state index contributed by atoms with van der Waals surface area (Å²) in [6.45, 7) is 0. The van der Waals surface area contributed by atoms with Crippen LogP contribution in [-0.2, 0) is 5.54 Å². The molecule has 0 fully saturated rings. The third kappa shape index (κ3) is 2.14. The Balaban J connectivity index is 2.05. The monoisotopic (exact) mass is 394 g/mol. The number of nitrogens with zero attached hydrogens (tertiary/aromatic N) is 1. The summed E-state index contributed by atoms with van der Waals surface area (Å²) in [5.41, 5.74) is 6.66. The predicted octanol–water partition coefficient (Wildman–Crippen LogP) is 4.01. The Morgan fingerprint density at radius 3 is 2.87 bits per heavy atom. The minimum atomic E-state index is -0.767. The van der Waals surface area contributed by atoms with Crippen LogP contribution in [0.1, 0.15) is 11.1 Å². The van der Waals surface area contributed by atoms with Crippen LogP contribution in [0.4, 0.5) is 4.39 Å². The zero-order valence-electron chi connectivity index (χ0n) is 12.1. The Hall–Kier alpha value is -1.73. The van der Waals surface area contributed by atoms with E-state index in [1.165, 1.54) is 24.9 Å². The average molecular weight is 395 g/mol. The highest BCUT2D eigenvalue weighted by Gasteiger charge is 2.47. The number of nitrogens with two attached hydrogens (primary N) is 1. The van der Waals surface area contributed by atoms with Crippen LogP contribution in [0, 0.1) is 5.82 Å². The van der Waals surface area contributed by atoms with Crippen molar-refractivity contribution in [1.82, 2.24) is 0 Å². The van der Waals surface area contributed by atoms with E-state index in [2.05, 4.69) is 20.9 Å². The lowest BCUT2D eigenvalue weighted by atomic mass is 9.82. The van der Waals surface area contributed by atoms with Gasteiger partial charge < -0.3 is 15.2 Å². The zero-order chi connectivity index (χ0) is 16.2. The standard InChI is InChI=1S/C16H12BrFN2O2S/c1-21-9-5-11-14(12(18)6-9)22-13-3-2-8(17)4-10(13)16(11)7-23-15(19)20-16/h2-6H,7H2,1H3,(H2,19,20)/t16-/m0/s1. The molecule has 0 aromatic heterocycles. The van der Waals surface area contributed by atoms with Crippen LogP contribution in [0.5, 0.6) is 17.2 Å². The molecule has 4 nitrogen and oxygen atoms in total. The molecule has 2 aromatic carbocycles. The molecule has 0 unspecified atom stereocenters. The van der Waals surface area contributed by atoms with Gasteiger partial charge in [0.25, 0.3) is 0 Å². The molecule has 0 saturated heterocycles. The van der Waals surface area contributed by atoms with Crippen molar-refractivity contribution >= 4 is 32.9 Å². The second kappa shape index (κ2) is 5.14. The Labute approximate surface area is 145 Å². The summed E-state index contributed by atoms with van der Waals surface area (Å²) in [5, 5.41) is 0.479. The quantitative estimate of drug-likeness (QED) is 0.793. The minimum absolute atomic E-state index is 0.180. The highest BCUT2D eigenvalue weighted by molar-refractivity contribution is 9.10. The summed E-state index contributed by atoms with van der Waals surface area (Å²) >= 11 is 4.93. The molecule has 2 aliphatic heterocycles. The van der Waals surface area contributed by atoms with Gasteiger partial charge in [0.1, 0.15) is 17.0 Å². The molecular formula is C16H12BrFN2O2S. The van der Waals surface area contributed by atoms with Crippen LogP contribution < -0.4 is 15.2 Å². The average Bonchev–Trinajstić information content (AvgIpc) is 2.92. The van der Waals surface area contributed by atoms with Gasteiger partial charge in [-0.1, -0.05) is 27.7 Å². The normalized spacial score (nSPS) is 21.4. The highest BCUT2D eigenvalue weighted by Crippen LogP contribution is 2.54. The highest BCUT2D eigenvalue weighted by atomic mass is 79.9. The number of amidine groups is 1. The number of fused-ring (bicyclic) bond motifs is 4. The van der Waals surface area contributed by atoms with Crippen LogP contribution in [-0.4, -0.2) is 18.0 Å². The van der Waals surface area contributed by atoms with Gasteiger partial charge in [-0.2, -0.15) is 0 Å². The number of halogens is 2. The molecule has 2 aliphatic rings. The number of benzene rings is 2. The van der Waals surface area contributed by atoms with Crippen molar-refractivity contribution in [3.8, 4) is 17.2 Å². The number of thioether (sulfide) groups is 1. The number of methoxy groups -OCH3 is 1. The SMILES string of the molecule is COc1cc(F)c2c(c1)[C@]1(CSC(N)=N1)c1cc(Br)ccc1O2. The molecule has 118 valence electrons. The maximum Gasteiger partial charge on any atom is 0.169 e. The molecule has 1 atom stereocenters. The van der Waals surface area contributed by atoms with E-state index in [1.807, 2.05) is 18.2 Å². The van der Waals surface area contributed by atoms with E-state index in [4.69, 9.17) is 15.2 Å². The van der Waals surface area contributed by atoms with E-state index in [-0.39, 0.29) is 5.75 Å². The molecule has 0 saturated carbocycles. The molecule has 2 heterocycles. The lowest BCUT2D eigenvalue weighted by molar-refractivity contribution is 0.373. The fourth-order valence-electron chi connectivity index (χ4n) is 2.97. The molecule has 23 heavy (non-hydrogen) atoms. The van der Waals surface area contributed by atoms with E-state index in [0.717, 1.165) is 10.0 Å². The van der Waals surface area contributed by atoms with Gasteiger partial charge in [0.05, 0.1) is 7.11 Å². The lowest BCUT2D eigenvalue weighted by Crippen LogP contribution is -2.30. The summed E-state index contributed by atoms with van der Waals surface area (Å²) in [5.74, 6) is 1.31. The van der Waals surface area contributed by atoms with Gasteiger partial charge in [-0.05, 0) is 24.3 Å². The smallest absolute Gasteiger partial charge is 0.169 e. The second-order valence-electron chi connectivity index (χ2n) is 5.33. The van der Waals surface area contributed by atoms with Crippen molar-refractivity contribution in [1.29, 1.82) is 0 Å². The Bertz CT molecular complexity index is 858. The fraction of sp³-hybridized carbons (Fsp3) is 0.188. The predicted molar refractivity (Wildman–Crippen MR) is 92.0 cm³/mol. The van der Waals surface area contributed by atoms with Crippen LogP contribution >= 0.6 is 27.7 Å². The van der Waals surface area contributed by atoms with Gasteiger partial charge >= 0.3 is 0 Å². The lowest BCUT2D eigenvalue weighted by Gasteiger charge is -2.34. The molecule has 4 rings (SSSR count). The summed E-state index contributed by atoms with van der Waals surface area (Å²) in [7, 11) is 1.50. The number of aliphatic imine (C=N–C) groups is 1. The summed E-state index contributed by atoms with van der Waals surface area (Å²) in [6, 6.07) is 8.69. The Morgan fingerprint density at radius 1 is 1.35 bits per heavy atom. The maximum atomic E-state index is 14.5. The van der Waals surface area contributed by atoms with Crippen LogP contribution in [0.2, 0.25) is 0 Å². The third-order valence-corrected chi connectivity index (χ3v) is 5.47. The minimum Gasteiger partial charge on any atom is -0.497 e. The van der Waals surface area contributed by atoms with Crippen molar-refractivity contribution in [2.45, 2.75) is 5.54 Å². The number of hydrogen-bond acceptors (Lipinski definition) is 5. The van der Waals surface area contributed by atoms with Crippen LogP contribution in [0.3, 0.4) is 0 Å². The molecule has 2 N–H and O–H groups in total.